The molecule has 1 atom stereocenters. The van der Waals surface area contributed by atoms with Crippen molar-refractivity contribution >= 4 is 34.8 Å². The predicted molar refractivity (Wildman–Crippen MR) is 75.4 cm³/mol. The van der Waals surface area contributed by atoms with Crippen LogP contribution in [0.5, 0.6) is 0 Å². The normalized spacial score (nSPS) is 18.0. The van der Waals surface area contributed by atoms with Crippen molar-refractivity contribution in [3.05, 3.63) is 23.2 Å². The van der Waals surface area contributed by atoms with Gasteiger partial charge in [-0.2, -0.15) is 0 Å². The van der Waals surface area contributed by atoms with Gasteiger partial charge in [-0.25, -0.2) is 0 Å². The number of carbonyl (C=O) groups is 2. The van der Waals surface area contributed by atoms with Gasteiger partial charge in [0.25, 0.3) is 0 Å². The number of hydrogen-bond donors (Lipinski definition) is 3. The van der Waals surface area contributed by atoms with E-state index < -0.39 is 0 Å². The van der Waals surface area contributed by atoms with Gasteiger partial charge < -0.3 is 16.0 Å². The molecule has 0 bridgehead atoms. The van der Waals surface area contributed by atoms with Gasteiger partial charge in [0.2, 0.25) is 11.8 Å². The van der Waals surface area contributed by atoms with Crippen molar-refractivity contribution in [2.24, 2.45) is 5.92 Å². The molecule has 2 amide bonds. The SMILES string of the molecule is CCNc1ccc(Cl)cc1NC(=O)C1CNC(=O)C1. The topological polar surface area (TPSA) is 70.2 Å². The lowest BCUT2D eigenvalue weighted by atomic mass is 10.1. The average molecular weight is 282 g/mol. The van der Waals surface area contributed by atoms with E-state index in [-0.39, 0.29) is 24.2 Å². The second kappa shape index (κ2) is 5.93. The quantitative estimate of drug-likeness (QED) is 0.789. The summed E-state index contributed by atoms with van der Waals surface area (Å²) in [4.78, 5) is 23.2. The lowest BCUT2D eigenvalue weighted by Crippen LogP contribution is -2.25. The summed E-state index contributed by atoms with van der Waals surface area (Å²) in [5.41, 5.74) is 1.45. The van der Waals surface area contributed by atoms with Gasteiger partial charge in [-0.3, -0.25) is 9.59 Å². The first-order valence-corrected chi connectivity index (χ1v) is 6.59. The van der Waals surface area contributed by atoms with Gasteiger partial charge in [0.1, 0.15) is 0 Å². The van der Waals surface area contributed by atoms with E-state index in [1.165, 1.54) is 0 Å². The number of halogens is 1. The van der Waals surface area contributed by atoms with Crippen molar-refractivity contribution in [3.63, 3.8) is 0 Å². The first kappa shape index (κ1) is 13.7. The monoisotopic (exact) mass is 281 g/mol. The van der Waals surface area contributed by atoms with Crippen LogP contribution in [0.1, 0.15) is 13.3 Å². The maximum Gasteiger partial charge on any atom is 0.229 e. The highest BCUT2D eigenvalue weighted by molar-refractivity contribution is 6.31. The van der Waals surface area contributed by atoms with E-state index in [0.717, 1.165) is 12.2 Å². The fourth-order valence-corrected chi connectivity index (χ4v) is 2.16. The lowest BCUT2D eigenvalue weighted by molar-refractivity contribution is -0.123. The minimum Gasteiger partial charge on any atom is -0.384 e. The molecule has 2 rings (SSSR count). The highest BCUT2D eigenvalue weighted by atomic mass is 35.5. The Labute approximate surface area is 116 Å². The minimum atomic E-state index is -0.319. The summed E-state index contributed by atoms with van der Waals surface area (Å²) in [6, 6.07) is 5.27. The molecule has 1 fully saturated rings. The van der Waals surface area contributed by atoms with Crippen molar-refractivity contribution in [2.45, 2.75) is 13.3 Å². The Bertz CT molecular complexity index is 505. The summed E-state index contributed by atoms with van der Waals surface area (Å²) >= 11 is 5.94. The zero-order valence-corrected chi connectivity index (χ0v) is 11.4. The molecule has 6 heteroatoms. The van der Waals surface area contributed by atoms with E-state index in [1.54, 1.807) is 12.1 Å². The number of amides is 2. The maximum absolute atomic E-state index is 12.1. The Morgan fingerprint density at radius 3 is 2.89 bits per heavy atom. The summed E-state index contributed by atoms with van der Waals surface area (Å²) < 4.78 is 0. The van der Waals surface area contributed by atoms with Crippen LogP contribution >= 0.6 is 11.6 Å². The Morgan fingerprint density at radius 2 is 2.26 bits per heavy atom. The Balaban J connectivity index is 2.11. The predicted octanol–water partition coefficient (Wildman–Crippen LogP) is 1.85. The zero-order chi connectivity index (χ0) is 13.8. The van der Waals surface area contributed by atoms with Crippen LogP contribution in [0.15, 0.2) is 18.2 Å². The highest BCUT2D eigenvalue weighted by Gasteiger charge is 2.28. The van der Waals surface area contributed by atoms with Crippen LogP contribution in [0, 0.1) is 5.92 Å². The van der Waals surface area contributed by atoms with Gasteiger partial charge in [0, 0.05) is 24.5 Å². The molecule has 3 N–H and O–H groups in total. The number of benzene rings is 1. The molecule has 1 aliphatic heterocycles. The van der Waals surface area contributed by atoms with Crippen molar-refractivity contribution < 1.29 is 9.59 Å². The summed E-state index contributed by atoms with van der Waals surface area (Å²) in [6.45, 7) is 3.11. The first-order valence-electron chi connectivity index (χ1n) is 6.21. The van der Waals surface area contributed by atoms with E-state index in [4.69, 9.17) is 11.6 Å². The molecule has 0 aliphatic carbocycles. The van der Waals surface area contributed by atoms with Crippen molar-refractivity contribution in [2.75, 3.05) is 23.7 Å². The molecular weight excluding hydrogens is 266 g/mol. The summed E-state index contributed by atoms with van der Waals surface area (Å²) in [5.74, 6) is -0.570. The summed E-state index contributed by atoms with van der Waals surface area (Å²) in [5, 5.41) is 9.17. The third kappa shape index (κ3) is 3.38. The van der Waals surface area contributed by atoms with E-state index in [1.807, 2.05) is 13.0 Å². The minimum absolute atomic E-state index is 0.0850. The van der Waals surface area contributed by atoms with Crippen LogP contribution in [-0.2, 0) is 9.59 Å². The van der Waals surface area contributed by atoms with E-state index in [2.05, 4.69) is 16.0 Å². The van der Waals surface area contributed by atoms with Crippen molar-refractivity contribution in [1.82, 2.24) is 5.32 Å². The molecule has 1 aromatic rings. The number of rotatable bonds is 4. The second-order valence-corrected chi connectivity index (χ2v) is 4.85. The Kier molecular flexibility index (Phi) is 4.27. The molecule has 5 nitrogen and oxygen atoms in total. The molecule has 19 heavy (non-hydrogen) atoms. The molecule has 1 aliphatic rings. The molecule has 102 valence electrons. The lowest BCUT2D eigenvalue weighted by Gasteiger charge is -2.14. The smallest absolute Gasteiger partial charge is 0.229 e. The number of nitrogens with one attached hydrogen (secondary N) is 3. The molecular formula is C13H16ClN3O2. The van der Waals surface area contributed by atoms with Gasteiger partial charge >= 0.3 is 0 Å². The van der Waals surface area contributed by atoms with E-state index in [9.17, 15) is 9.59 Å². The Morgan fingerprint density at radius 1 is 1.47 bits per heavy atom. The molecule has 1 heterocycles. The Hall–Kier alpha value is -1.75. The second-order valence-electron chi connectivity index (χ2n) is 4.41. The number of anilines is 2. The first-order chi connectivity index (χ1) is 9.10. The largest absolute Gasteiger partial charge is 0.384 e. The summed E-state index contributed by atoms with van der Waals surface area (Å²) in [6.07, 6.45) is 0.239. The third-order valence-corrected chi connectivity index (χ3v) is 3.19. The fourth-order valence-electron chi connectivity index (χ4n) is 1.99. The van der Waals surface area contributed by atoms with Crippen LogP contribution < -0.4 is 16.0 Å². The van der Waals surface area contributed by atoms with Crippen LogP contribution in [0.3, 0.4) is 0 Å². The molecule has 0 saturated carbocycles. The zero-order valence-electron chi connectivity index (χ0n) is 10.6. The fraction of sp³-hybridized carbons (Fsp3) is 0.385. The molecule has 1 aromatic carbocycles. The molecule has 0 radical (unpaired) electrons. The van der Waals surface area contributed by atoms with E-state index >= 15 is 0 Å². The molecule has 0 aromatic heterocycles. The van der Waals surface area contributed by atoms with Gasteiger partial charge in [-0.05, 0) is 25.1 Å². The van der Waals surface area contributed by atoms with E-state index in [0.29, 0.717) is 17.3 Å². The maximum atomic E-state index is 12.1. The summed E-state index contributed by atoms with van der Waals surface area (Å²) in [7, 11) is 0. The van der Waals surface area contributed by atoms with Gasteiger partial charge in [-0.1, -0.05) is 11.6 Å². The van der Waals surface area contributed by atoms with Crippen molar-refractivity contribution in [3.8, 4) is 0 Å². The molecule has 1 unspecified atom stereocenters. The van der Waals surface area contributed by atoms with Crippen LogP contribution in [0.2, 0.25) is 5.02 Å². The van der Waals surface area contributed by atoms with Crippen LogP contribution in [-0.4, -0.2) is 24.9 Å². The number of hydrogen-bond acceptors (Lipinski definition) is 3. The van der Waals surface area contributed by atoms with Gasteiger partial charge in [0.15, 0.2) is 0 Å². The third-order valence-electron chi connectivity index (χ3n) is 2.95. The van der Waals surface area contributed by atoms with Crippen LogP contribution in [0.25, 0.3) is 0 Å². The van der Waals surface area contributed by atoms with Crippen molar-refractivity contribution in [1.29, 1.82) is 0 Å². The van der Waals surface area contributed by atoms with Gasteiger partial charge in [0.05, 0.1) is 17.3 Å². The van der Waals surface area contributed by atoms with Gasteiger partial charge in [-0.15, -0.1) is 0 Å². The average Bonchev–Trinajstić information content (AvgIpc) is 2.80. The highest BCUT2D eigenvalue weighted by Crippen LogP contribution is 2.26. The molecule has 0 spiro atoms. The number of carbonyl (C=O) groups excluding carboxylic acids is 2. The van der Waals surface area contributed by atoms with Crippen LogP contribution in [0.4, 0.5) is 11.4 Å². The standard InChI is InChI=1S/C13H16ClN3O2/c1-2-15-10-4-3-9(14)6-11(10)17-13(19)8-5-12(18)16-7-8/h3-4,6,8,15H,2,5,7H2,1H3,(H,16,18)(H,17,19). The molecule has 1 saturated heterocycles.